The summed E-state index contributed by atoms with van der Waals surface area (Å²) in [6.07, 6.45) is 0. The van der Waals surface area contributed by atoms with Crippen molar-refractivity contribution in [3.8, 4) is 5.69 Å². The van der Waals surface area contributed by atoms with Gasteiger partial charge in [0.05, 0.1) is 10.9 Å². The summed E-state index contributed by atoms with van der Waals surface area (Å²) in [5, 5.41) is 14.7. The minimum absolute atomic E-state index is 0.251. The zero-order chi connectivity index (χ0) is 19.6. The first-order valence-electron chi connectivity index (χ1n) is 8.45. The van der Waals surface area contributed by atoms with Crippen molar-refractivity contribution in [3.05, 3.63) is 58.9 Å². The van der Waals surface area contributed by atoms with E-state index in [0.717, 1.165) is 16.8 Å². The molecular formula is C19H20FN5OS. The average molecular weight is 385 g/mol. The SMILES string of the molecule is Cc1ccc(NC(=O)[C@H](C)Sc2nnnn2-c2c(C)cccc2C)cc1F. The minimum Gasteiger partial charge on any atom is -0.325 e. The van der Waals surface area contributed by atoms with E-state index in [4.69, 9.17) is 0 Å². The van der Waals surface area contributed by atoms with Crippen molar-refractivity contribution in [2.24, 2.45) is 0 Å². The number of nitrogens with zero attached hydrogens (tertiary/aromatic N) is 4. The Labute approximate surface area is 161 Å². The normalized spacial score (nSPS) is 12.0. The molecule has 3 aromatic rings. The number of hydrogen-bond donors (Lipinski definition) is 1. The topological polar surface area (TPSA) is 72.7 Å². The molecule has 2 aromatic carbocycles. The number of hydrogen-bond acceptors (Lipinski definition) is 5. The van der Waals surface area contributed by atoms with E-state index in [0.29, 0.717) is 16.4 Å². The Kier molecular flexibility index (Phi) is 5.55. The summed E-state index contributed by atoms with van der Waals surface area (Å²) in [6, 6.07) is 10.6. The summed E-state index contributed by atoms with van der Waals surface area (Å²) in [5.74, 6) is -0.605. The Bertz CT molecular complexity index is 968. The molecular weight excluding hydrogens is 365 g/mol. The van der Waals surface area contributed by atoms with Crippen LogP contribution in [0, 0.1) is 26.6 Å². The number of rotatable bonds is 5. The number of halogens is 1. The molecule has 0 aliphatic carbocycles. The van der Waals surface area contributed by atoms with Gasteiger partial charge < -0.3 is 5.32 Å². The van der Waals surface area contributed by atoms with Gasteiger partial charge in [-0.2, -0.15) is 4.68 Å². The Hall–Kier alpha value is -2.74. The first-order valence-corrected chi connectivity index (χ1v) is 9.33. The van der Waals surface area contributed by atoms with Crippen LogP contribution in [0.25, 0.3) is 5.69 Å². The van der Waals surface area contributed by atoms with Crippen LogP contribution in [-0.4, -0.2) is 31.4 Å². The van der Waals surface area contributed by atoms with Gasteiger partial charge in [0.1, 0.15) is 5.82 Å². The average Bonchev–Trinajstić information content (AvgIpc) is 3.06. The molecule has 6 nitrogen and oxygen atoms in total. The number of carbonyl (C=O) groups excluding carboxylic acids is 1. The van der Waals surface area contributed by atoms with Gasteiger partial charge in [0, 0.05) is 5.69 Å². The molecule has 0 unspecified atom stereocenters. The number of amides is 1. The van der Waals surface area contributed by atoms with Crippen molar-refractivity contribution in [3.63, 3.8) is 0 Å². The van der Waals surface area contributed by atoms with Gasteiger partial charge in [-0.1, -0.05) is 36.0 Å². The fourth-order valence-corrected chi connectivity index (χ4v) is 3.45. The highest BCUT2D eigenvalue weighted by molar-refractivity contribution is 8.00. The van der Waals surface area contributed by atoms with E-state index >= 15 is 0 Å². The van der Waals surface area contributed by atoms with Gasteiger partial charge in [-0.25, -0.2) is 4.39 Å². The van der Waals surface area contributed by atoms with E-state index in [2.05, 4.69) is 20.8 Å². The maximum Gasteiger partial charge on any atom is 0.237 e. The van der Waals surface area contributed by atoms with Crippen LogP contribution < -0.4 is 5.32 Å². The van der Waals surface area contributed by atoms with Crippen LogP contribution in [0.15, 0.2) is 41.6 Å². The summed E-state index contributed by atoms with van der Waals surface area (Å²) in [4.78, 5) is 12.5. The third-order valence-electron chi connectivity index (χ3n) is 4.18. The third-order valence-corrected chi connectivity index (χ3v) is 5.22. The van der Waals surface area contributed by atoms with Gasteiger partial charge in [-0.3, -0.25) is 4.79 Å². The van der Waals surface area contributed by atoms with Gasteiger partial charge in [0.15, 0.2) is 0 Å². The summed E-state index contributed by atoms with van der Waals surface area (Å²) in [6.45, 7) is 7.40. The van der Waals surface area contributed by atoms with Crippen LogP contribution in [-0.2, 0) is 4.79 Å². The van der Waals surface area contributed by atoms with Crippen molar-refractivity contribution in [1.29, 1.82) is 0 Å². The first-order chi connectivity index (χ1) is 12.9. The lowest BCUT2D eigenvalue weighted by atomic mass is 10.1. The number of aromatic nitrogens is 4. The van der Waals surface area contributed by atoms with Crippen LogP contribution in [0.5, 0.6) is 0 Å². The lowest BCUT2D eigenvalue weighted by Gasteiger charge is -2.14. The number of para-hydroxylation sites is 1. The Morgan fingerprint density at radius 2 is 1.85 bits per heavy atom. The number of aryl methyl sites for hydroxylation is 3. The van der Waals surface area contributed by atoms with Crippen molar-refractivity contribution < 1.29 is 9.18 Å². The molecule has 1 atom stereocenters. The second kappa shape index (κ2) is 7.87. The first kappa shape index (κ1) is 19.0. The fraction of sp³-hybridized carbons (Fsp3) is 0.263. The van der Waals surface area contributed by atoms with Gasteiger partial charge in [-0.05, 0) is 66.9 Å². The van der Waals surface area contributed by atoms with E-state index in [9.17, 15) is 9.18 Å². The predicted octanol–water partition coefficient (Wildman–Crippen LogP) is 3.85. The van der Waals surface area contributed by atoms with E-state index in [1.165, 1.54) is 17.8 Å². The van der Waals surface area contributed by atoms with Crippen LogP contribution in [0.2, 0.25) is 0 Å². The Morgan fingerprint density at radius 3 is 2.52 bits per heavy atom. The lowest BCUT2D eigenvalue weighted by Crippen LogP contribution is -2.23. The zero-order valence-corrected chi connectivity index (χ0v) is 16.3. The largest absolute Gasteiger partial charge is 0.325 e. The summed E-state index contributed by atoms with van der Waals surface area (Å²) in [5.41, 5.74) is 3.93. The van der Waals surface area contributed by atoms with Crippen molar-refractivity contribution in [2.75, 3.05) is 5.32 Å². The Morgan fingerprint density at radius 1 is 1.15 bits per heavy atom. The third kappa shape index (κ3) is 4.16. The second-order valence-corrected chi connectivity index (χ2v) is 7.63. The van der Waals surface area contributed by atoms with Crippen molar-refractivity contribution in [1.82, 2.24) is 20.2 Å². The maximum atomic E-state index is 13.7. The molecule has 8 heteroatoms. The van der Waals surface area contributed by atoms with Crippen LogP contribution in [0.4, 0.5) is 10.1 Å². The lowest BCUT2D eigenvalue weighted by molar-refractivity contribution is -0.115. The quantitative estimate of drug-likeness (QED) is 0.676. The highest BCUT2D eigenvalue weighted by Gasteiger charge is 2.21. The molecule has 0 bridgehead atoms. The molecule has 0 fully saturated rings. The highest BCUT2D eigenvalue weighted by atomic mass is 32.2. The smallest absolute Gasteiger partial charge is 0.237 e. The van der Waals surface area contributed by atoms with Crippen molar-refractivity contribution >= 4 is 23.4 Å². The van der Waals surface area contributed by atoms with Gasteiger partial charge in [0.25, 0.3) is 0 Å². The highest BCUT2D eigenvalue weighted by Crippen LogP contribution is 2.27. The standard InChI is InChI=1S/C19H20FN5OS/c1-11-8-9-15(10-16(11)20)21-18(26)14(4)27-19-22-23-24-25(19)17-12(2)6-5-7-13(17)3/h5-10,14H,1-4H3,(H,21,26)/t14-/m0/s1. The van der Waals surface area contributed by atoms with Gasteiger partial charge in [0.2, 0.25) is 11.1 Å². The Balaban J connectivity index is 1.77. The van der Waals surface area contributed by atoms with Crippen molar-refractivity contribution in [2.45, 2.75) is 38.1 Å². The predicted molar refractivity (Wildman–Crippen MR) is 104 cm³/mol. The second-order valence-electron chi connectivity index (χ2n) is 6.33. The number of anilines is 1. The van der Waals surface area contributed by atoms with E-state index in [1.54, 1.807) is 30.7 Å². The fourth-order valence-electron chi connectivity index (χ4n) is 2.66. The van der Waals surface area contributed by atoms with E-state index in [-0.39, 0.29) is 11.7 Å². The summed E-state index contributed by atoms with van der Waals surface area (Å²) < 4.78 is 15.3. The van der Waals surface area contributed by atoms with Gasteiger partial charge in [-0.15, -0.1) is 5.10 Å². The molecule has 0 saturated carbocycles. The minimum atomic E-state index is -0.469. The van der Waals surface area contributed by atoms with Crippen LogP contribution in [0.3, 0.4) is 0 Å². The molecule has 1 amide bonds. The molecule has 0 radical (unpaired) electrons. The molecule has 1 N–H and O–H groups in total. The number of nitrogens with one attached hydrogen (secondary N) is 1. The zero-order valence-electron chi connectivity index (χ0n) is 15.5. The molecule has 1 aromatic heterocycles. The maximum absolute atomic E-state index is 13.7. The molecule has 27 heavy (non-hydrogen) atoms. The summed E-state index contributed by atoms with van der Waals surface area (Å²) in [7, 11) is 0. The number of thioether (sulfide) groups is 1. The molecule has 0 aliphatic heterocycles. The number of carbonyl (C=O) groups is 1. The van der Waals surface area contributed by atoms with Crippen LogP contribution >= 0.6 is 11.8 Å². The van der Waals surface area contributed by atoms with Gasteiger partial charge >= 0.3 is 0 Å². The molecule has 0 aliphatic rings. The van der Waals surface area contributed by atoms with Crippen LogP contribution in [0.1, 0.15) is 23.6 Å². The molecule has 1 heterocycles. The van der Waals surface area contributed by atoms with E-state index < -0.39 is 5.25 Å². The molecule has 0 saturated heterocycles. The number of benzene rings is 2. The monoisotopic (exact) mass is 385 g/mol. The molecule has 0 spiro atoms. The van der Waals surface area contributed by atoms with E-state index in [1.807, 2.05) is 32.0 Å². The molecule has 3 rings (SSSR count). The molecule has 140 valence electrons. The summed E-state index contributed by atoms with van der Waals surface area (Å²) >= 11 is 1.24. The number of tetrazole rings is 1.